The first-order chi connectivity index (χ1) is 14.5. The van der Waals surface area contributed by atoms with Crippen molar-refractivity contribution in [2.45, 2.75) is 6.92 Å². The highest BCUT2D eigenvalue weighted by Crippen LogP contribution is 2.42. The van der Waals surface area contributed by atoms with Crippen molar-refractivity contribution in [1.82, 2.24) is 4.98 Å². The van der Waals surface area contributed by atoms with Gasteiger partial charge in [0.05, 0.1) is 22.4 Å². The van der Waals surface area contributed by atoms with E-state index >= 15 is 0 Å². The monoisotopic (exact) mass is 418 g/mol. The number of carbonyl (C=O) groups is 1. The van der Waals surface area contributed by atoms with Gasteiger partial charge in [-0.25, -0.2) is 4.98 Å². The fraction of sp³-hybridized carbons (Fsp3) is 0.0435. The van der Waals surface area contributed by atoms with Gasteiger partial charge in [-0.2, -0.15) is 0 Å². The Morgan fingerprint density at radius 1 is 1.03 bits per heavy atom. The van der Waals surface area contributed by atoms with E-state index in [2.05, 4.69) is 4.98 Å². The number of furan rings is 1. The highest BCUT2D eigenvalue weighted by molar-refractivity contribution is 6.30. The molecular formula is C23H15ClN2O4. The Balaban J connectivity index is 2.06. The van der Waals surface area contributed by atoms with Gasteiger partial charge >= 0.3 is 5.69 Å². The predicted octanol–water partition coefficient (Wildman–Crippen LogP) is 6.11. The molecule has 4 aromatic rings. The summed E-state index contributed by atoms with van der Waals surface area (Å²) in [5.74, 6) is -0.174. The molecule has 0 aliphatic carbocycles. The maximum absolute atomic E-state index is 13.4. The number of nitrogens with zero attached hydrogens (tertiary/aromatic N) is 2. The highest BCUT2D eigenvalue weighted by Gasteiger charge is 2.33. The number of carbonyl (C=O) groups excluding carboxylic acids is 1. The number of ketones is 1. The zero-order valence-corrected chi connectivity index (χ0v) is 16.6. The molecule has 0 N–H and O–H groups in total. The molecule has 30 heavy (non-hydrogen) atoms. The van der Waals surface area contributed by atoms with Crippen molar-refractivity contribution in [2.24, 2.45) is 0 Å². The molecule has 7 heteroatoms. The van der Waals surface area contributed by atoms with Gasteiger partial charge in [-0.3, -0.25) is 14.9 Å². The Kier molecular flexibility index (Phi) is 5.16. The minimum Gasteiger partial charge on any atom is -0.464 e. The molecule has 0 bridgehead atoms. The maximum atomic E-state index is 13.4. The van der Waals surface area contributed by atoms with Gasteiger partial charge in [0.25, 0.3) is 0 Å². The summed E-state index contributed by atoms with van der Waals surface area (Å²) in [5, 5.41) is 12.7. The van der Waals surface area contributed by atoms with Gasteiger partial charge in [-0.05, 0) is 43.3 Å². The van der Waals surface area contributed by atoms with E-state index in [0.717, 1.165) is 0 Å². The quantitative estimate of drug-likeness (QED) is 0.222. The minimum absolute atomic E-state index is 0.108. The third-order valence-electron chi connectivity index (χ3n) is 4.68. The van der Waals surface area contributed by atoms with Crippen LogP contribution in [0.15, 0.2) is 77.4 Å². The molecule has 0 aliphatic heterocycles. The molecule has 2 aromatic heterocycles. The standard InChI is InChI=1S/C23H15ClN2O4/c1-14-19(23(27)16-9-11-17(24)12-10-16)20(18-8-5-13-30-18)22(26(28)29)21(25-14)15-6-3-2-4-7-15/h2-13H,1H3. The number of rotatable bonds is 5. The van der Waals surface area contributed by atoms with E-state index < -0.39 is 10.7 Å². The average molecular weight is 419 g/mol. The number of hydrogen-bond acceptors (Lipinski definition) is 5. The summed E-state index contributed by atoms with van der Waals surface area (Å²) in [6, 6.07) is 18.4. The van der Waals surface area contributed by atoms with E-state index in [4.69, 9.17) is 16.0 Å². The van der Waals surface area contributed by atoms with Crippen molar-refractivity contribution in [3.05, 3.63) is 105 Å². The first-order valence-electron chi connectivity index (χ1n) is 9.06. The molecule has 0 saturated carbocycles. The maximum Gasteiger partial charge on any atom is 0.307 e. The summed E-state index contributed by atoms with van der Waals surface area (Å²) in [6.45, 7) is 1.66. The Morgan fingerprint density at radius 3 is 2.33 bits per heavy atom. The fourth-order valence-electron chi connectivity index (χ4n) is 3.35. The Morgan fingerprint density at radius 2 is 1.73 bits per heavy atom. The van der Waals surface area contributed by atoms with Crippen LogP contribution < -0.4 is 0 Å². The molecular weight excluding hydrogens is 404 g/mol. The molecule has 2 heterocycles. The summed E-state index contributed by atoms with van der Waals surface area (Å²) in [5.41, 5.74) is 1.42. The van der Waals surface area contributed by atoms with E-state index in [1.807, 2.05) is 6.07 Å². The molecule has 0 radical (unpaired) electrons. The van der Waals surface area contributed by atoms with Gasteiger partial charge in [-0.15, -0.1) is 0 Å². The first-order valence-corrected chi connectivity index (χ1v) is 9.43. The lowest BCUT2D eigenvalue weighted by molar-refractivity contribution is -0.383. The van der Waals surface area contributed by atoms with Gasteiger partial charge in [-0.1, -0.05) is 41.9 Å². The number of pyridine rings is 1. The second-order valence-electron chi connectivity index (χ2n) is 6.58. The lowest BCUT2D eigenvalue weighted by Gasteiger charge is -2.14. The molecule has 0 atom stereocenters. The van der Waals surface area contributed by atoms with Crippen LogP contribution in [0, 0.1) is 17.0 Å². The topological polar surface area (TPSA) is 86.2 Å². The molecule has 148 valence electrons. The summed E-state index contributed by atoms with van der Waals surface area (Å²) >= 11 is 5.93. The first kappa shape index (κ1) is 19.5. The number of aromatic nitrogens is 1. The number of hydrogen-bond donors (Lipinski definition) is 0. The lowest BCUT2D eigenvalue weighted by Crippen LogP contribution is -2.11. The lowest BCUT2D eigenvalue weighted by atomic mass is 9.92. The summed E-state index contributed by atoms with van der Waals surface area (Å²) < 4.78 is 5.50. The second kappa shape index (κ2) is 7.93. The summed E-state index contributed by atoms with van der Waals surface area (Å²) in [4.78, 5) is 29.5. The second-order valence-corrected chi connectivity index (χ2v) is 7.02. The van der Waals surface area contributed by atoms with Crippen LogP contribution in [-0.4, -0.2) is 15.7 Å². The van der Waals surface area contributed by atoms with Crippen LogP contribution in [0.5, 0.6) is 0 Å². The van der Waals surface area contributed by atoms with Gasteiger partial charge in [0, 0.05) is 16.1 Å². The molecule has 2 aromatic carbocycles. The van der Waals surface area contributed by atoms with Gasteiger partial charge in [0.15, 0.2) is 5.78 Å². The van der Waals surface area contributed by atoms with Crippen molar-refractivity contribution in [3.8, 4) is 22.6 Å². The van der Waals surface area contributed by atoms with Gasteiger partial charge in [0.1, 0.15) is 17.0 Å². The fourth-order valence-corrected chi connectivity index (χ4v) is 3.48. The van der Waals surface area contributed by atoms with Crippen LogP contribution >= 0.6 is 11.6 Å². The Bertz CT molecular complexity index is 1230. The molecule has 4 rings (SSSR count). The molecule has 6 nitrogen and oxygen atoms in total. The summed E-state index contributed by atoms with van der Waals surface area (Å²) in [7, 11) is 0. The van der Waals surface area contributed by atoms with Crippen LogP contribution in [-0.2, 0) is 0 Å². The minimum atomic E-state index is -0.523. The molecule has 0 fully saturated rings. The zero-order chi connectivity index (χ0) is 21.3. The Labute approximate surface area is 176 Å². The molecule has 0 saturated heterocycles. The van der Waals surface area contributed by atoms with Gasteiger partial charge < -0.3 is 4.42 Å². The van der Waals surface area contributed by atoms with Crippen LogP contribution in [0.2, 0.25) is 5.02 Å². The largest absolute Gasteiger partial charge is 0.464 e. The third kappa shape index (κ3) is 3.49. The van der Waals surface area contributed by atoms with Crippen LogP contribution in [0.3, 0.4) is 0 Å². The van der Waals surface area contributed by atoms with Crippen molar-refractivity contribution in [1.29, 1.82) is 0 Å². The van der Waals surface area contributed by atoms with Crippen molar-refractivity contribution in [3.63, 3.8) is 0 Å². The van der Waals surface area contributed by atoms with Crippen LogP contribution in [0.25, 0.3) is 22.6 Å². The van der Waals surface area contributed by atoms with E-state index in [-0.39, 0.29) is 28.3 Å². The SMILES string of the molecule is Cc1nc(-c2ccccc2)c([N+](=O)[O-])c(-c2ccco2)c1C(=O)c1ccc(Cl)cc1. The average Bonchev–Trinajstić information content (AvgIpc) is 3.28. The van der Waals surface area contributed by atoms with Crippen molar-refractivity contribution < 1.29 is 14.1 Å². The van der Waals surface area contributed by atoms with E-state index in [1.54, 1.807) is 67.6 Å². The van der Waals surface area contributed by atoms with E-state index in [9.17, 15) is 14.9 Å². The number of benzene rings is 2. The molecule has 0 unspecified atom stereocenters. The van der Waals surface area contributed by atoms with Crippen LogP contribution in [0.4, 0.5) is 5.69 Å². The smallest absolute Gasteiger partial charge is 0.307 e. The van der Waals surface area contributed by atoms with Crippen molar-refractivity contribution >= 4 is 23.1 Å². The highest BCUT2D eigenvalue weighted by atomic mass is 35.5. The van der Waals surface area contributed by atoms with Gasteiger partial charge in [0.2, 0.25) is 0 Å². The van der Waals surface area contributed by atoms with E-state index in [1.165, 1.54) is 6.26 Å². The molecule has 0 spiro atoms. The third-order valence-corrected chi connectivity index (χ3v) is 4.94. The summed E-state index contributed by atoms with van der Waals surface area (Å²) in [6.07, 6.45) is 1.41. The molecule has 0 amide bonds. The number of halogens is 1. The normalized spacial score (nSPS) is 10.7. The zero-order valence-electron chi connectivity index (χ0n) is 15.8. The Hall–Kier alpha value is -3.77. The number of aryl methyl sites for hydroxylation is 1. The van der Waals surface area contributed by atoms with Crippen LogP contribution in [0.1, 0.15) is 21.6 Å². The molecule has 0 aliphatic rings. The number of nitro groups is 1. The van der Waals surface area contributed by atoms with E-state index in [0.29, 0.717) is 21.8 Å². The predicted molar refractivity (Wildman–Crippen MR) is 114 cm³/mol. The van der Waals surface area contributed by atoms with Crippen molar-refractivity contribution in [2.75, 3.05) is 0 Å².